The van der Waals surface area contributed by atoms with Crippen molar-refractivity contribution >= 4 is 22.4 Å². The van der Waals surface area contributed by atoms with Gasteiger partial charge >= 0.3 is 0 Å². The number of anilines is 1. The molecule has 26 heavy (non-hydrogen) atoms. The number of rotatable bonds is 6. The Morgan fingerprint density at radius 2 is 1.54 bits per heavy atom. The molecule has 0 fully saturated rings. The third kappa shape index (κ3) is 4.54. The third-order valence-corrected chi connectivity index (χ3v) is 3.88. The molecule has 1 amide bonds. The summed E-state index contributed by atoms with van der Waals surface area (Å²) in [5.41, 5.74) is 0.683. The first-order valence-corrected chi connectivity index (χ1v) is 8.74. The molecule has 0 heterocycles. The lowest BCUT2D eigenvalue weighted by atomic mass is 10.1. The van der Waals surface area contributed by atoms with Crippen molar-refractivity contribution in [3.05, 3.63) is 66.7 Å². The summed E-state index contributed by atoms with van der Waals surface area (Å²) in [5, 5.41) is 5.09. The standard InChI is InChI=1S/C22H23NO3/c1-15(2)25-20-10-6-9-19(14-20)23-22(24)16(3)26-21-12-11-17-7-4-5-8-18(17)13-21/h4-16H,1-3H3,(H,23,24)/t16-/m0/s1. The van der Waals surface area contributed by atoms with E-state index in [2.05, 4.69) is 5.32 Å². The molecule has 3 rings (SSSR count). The van der Waals surface area contributed by atoms with Gasteiger partial charge in [-0.15, -0.1) is 0 Å². The summed E-state index contributed by atoms with van der Waals surface area (Å²) in [4.78, 5) is 12.4. The molecule has 0 aromatic heterocycles. The molecule has 0 saturated carbocycles. The van der Waals surface area contributed by atoms with Gasteiger partial charge < -0.3 is 14.8 Å². The maximum absolute atomic E-state index is 12.4. The predicted octanol–water partition coefficient (Wildman–Crippen LogP) is 5.03. The Hall–Kier alpha value is -3.01. The van der Waals surface area contributed by atoms with E-state index in [1.165, 1.54) is 0 Å². The molecule has 3 aromatic rings. The molecule has 1 N–H and O–H groups in total. The lowest BCUT2D eigenvalue weighted by molar-refractivity contribution is -0.122. The van der Waals surface area contributed by atoms with Crippen LogP contribution in [0.3, 0.4) is 0 Å². The summed E-state index contributed by atoms with van der Waals surface area (Å²) < 4.78 is 11.5. The number of carbonyl (C=O) groups is 1. The largest absolute Gasteiger partial charge is 0.491 e. The number of ether oxygens (including phenoxy) is 2. The minimum absolute atomic E-state index is 0.0797. The topological polar surface area (TPSA) is 47.6 Å². The van der Waals surface area contributed by atoms with Crippen molar-refractivity contribution < 1.29 is 14.3 Å². The minimum atomic E-state index is -0.620. The second-order valence-corrected chi connectivity index (χ2v) is 6.45. The summed E-state index contributed by atoms with van der Waals surface area (Å²) in [6.45, 7) is 5.66. The Morgan fingerprint density at radius 3 is 2.31 bits per heavy atom. The van der Waals surface area contributed by atoms with Gasteiger partial charge in [0.2, 0.25) is 0 Å². The third-order valence-electron chi connectivity index (χ3n) is 3.88. The molecule has 134 valence electrons. The van der Waals surface area contributed by atoms with Crippen LogP contribution in [0, 0.1) is 0 Å². The second-order valence-electron chi connectivity index (χ2n) is 6.45. The second kappa shape index (κ2) is 7.91. The first kappa shape index (κ1) is 17.8. The minimum Gasteiger partial charge on any atom is -0.491 e. The highest BCUT2D eigenvalue weighted by molar-refractivity contribution is 5.94. The average Bonchev–Trinajstić information content (AvgIpc) is 2.61. The van der Waals surface area contributed by atoms with Crippen LogP contribution >= 0.6 is 0 Å². The van der Waals surface area contributed by atoms with E-state index in [1.807, 2.05) is 74.5 Å². The fourth-order valence-electron chi connectivity index (χ4n) is 2.66. The van der Waals surface area contributed by atoms with Crippen LogP contribution in [0.15, 0.2) is 66.7 Å². The molecule has 0 aliphatic heterocycles. The fraction of sp³-hybridized carbons (Fsp3) is 0.227. The van der Waals surface area contributed by atoms with E-state index in [0.717, 1.165) is 16.5 Å². The van der Waals surface area contributed by atoms with Crippen LogP contribution in [0.1, 0.15) is 20.8 Å². The van der Waals surface area contributed by atoms with E-state index in [1.54, 1.807) is 13.0 Å². The molecule has 4 heteroatoms. The number of hydrogen-bond donors (Lipinski definition) is 1. The maximum atomic E-state index is 12.4. The van der Waals surface area contributed by atoms with Crippen LogP contribution in [-0.2, 0) is 4.79 Å². The Morgan fingerprint density at radius 1 is 0.808 bits per heavy atom. The summed E-state index contributed by atoms with van der Waals surface area (Å²) in [6.07, 6.45) is -0.540. The van der Waals surface area contributed by atoms with Gasteiger partial charge in [-0.2, -0.15) is 0 Å². The van der Waals surface area contributed by atoms with Crippen LogP contribution in [0.4, 0.5) is 5.69 Å². The normalized spacial score (nSPS) is 12.0. The summed E-state index contributed by atoms with van der Waals surface area (Å²) in [7, 11) is 0. The number of fused-ring (bicyclic) bond motifs is 1. The average molecular weight is 349 g/mol. The molecule has 0 saturated heterocycles. The van der Waals surface area contributed by atoms with Gasteiger partial charge in [0.25, 0.3) is 5.91 Å². The van der Waals surface area contributed by atoms with Crippen molar-refractivity contribution in [3.8, 4) is 11.5 Å². The van der Waals surface area contributed by atoms with E-state index < -0.39 is 6.10 Å². The number of carbonyl (C=O) groups excluding carboxylic acids is 1. The maximum Gasteiger partial charge on any atom is 0.265 e. The first-order valence-electron chi connectivity index (χ1n) is 8.74. The quantitative estimate of drug-likeness (QED) is 0.679. The zero-order chi connectivity index (χ0) is 18.5. The molecule has 0 aliphatic rings. The number of nitrogens with one attached hydrogen (secondary N) is 1. The fourth-order valence-corrected chi connectivity index (χ4v) is 2.66. The monoisotopic (exact) mass is 349 g/mol. The highest BCUT2D eigenvalue weighted by Gasteiger charge is 2.15. The van der Waals surface area contributed by atoms with Crippen molar-refractivity contribution in [3.63, 3.8) is 0 Å². The Labute approximate surface area is 153 Å². The van der Waals surface area contributed by atoms with Crippen LogP contribution in [0.5, 0.6) is 11.5 Å². The smallest absolute Gasteiger partial charge is 0.265 e. The van der Waals surface area contributed by atoms with Gasteiger partial charge in [0.1, 0.15) is 11.5 Å². The summed E-state index contributed by atoms with van der Waals surface area (Å²) in [5.74, 6) is 1.18. The van der Waals surface area contributed by atoms with E-state index in [0.29, 0.717) is 11.4 Å². The van der Waals surface area contributed by atoms with Crippen molar-refractivity contribution in [1.29, 1.82) is 0 Å². The van der Waals surface area contributed by atoms with Gasteiger partial charge in [0, 0.05) is 11.8 Å². The highest BCUT2D eigenvalue weighted by Crippen LogP contribution is 2.22. The predicted molar refractivity (Wildman–Crippen MR) is 105 cm³/mol. The molecule has 0 unspecified atom stereocenters. The molecule has 1 atom stereocenters. The lowest BCUT2D eigenvalue weighted by Crippen LogP contribution is -2.30. The van der Waals surface area contributed by atoms with Crippen LogP contribution in [0.25, 0.3) is 10.8 Å². The number of hydrogen-bond acceptors (Lipinski definition) is 3. The van der Waals surface area contributed by atoms with Gasteiger partial charge in [0.15, 0.2) is 6.10 Å². The summed E-state index contributed by atoms with van der Waals surface area (Å²) >= 11 is 0. The van der Waals surface area contributed by atoms with Crippen molar-refractivity contribution in [2.45, 2.75) is 33.0 Å². The molecular weight excluding hydrogens is 326 g/mol. The summed E-state index contributed by atoms with van der Waals surface area (Å²) in [6, 6.07) is 21.2. The zero-order valence-corrected chi connectivity index (χ0v) is 15.2. The van der Waals surface area contributed by atoms with E-state index in [9.17, 15) is 4.79 Å². The van der Waals surface area contributed by atoms with Crippen LogP contribution in [-0.4, -0.2) is 18.1 Å². The molecule has 0 aliphatic carbocycles. The Bertz CT molecular complexity index is 905. The molecule has 0 radical (unpaired) electrons. The SMILES string of the molecule is CC(C)Oc1cccc(NC(=O)[C@H](C)Oc2ccc3ccccc3c2)c1. The van der Waals surface area contributed by atoms with Gasteiger partial charge in [-0.05, 0) is 55.8 Å². The van der Waals surface area contributed by atoms with Crippen LogP contribution < -0.4 is 14.8 Å². The lowest BCUT2D eigenvalue weighted by Gasteiger charge is -2.16. The first-order chi connectivity index (χ1) is 12.5. The van der Waals surface area contributed by atoms with Crippen molar-refractivity contribution in [1.82, 2.24) is 0 Å². The van der Waals surface area contributed by atoms with Gasteiger partial charge in [-0.25, -0.2) is 0 Å². The van der Waals surface area contributed by atoms with Gasteiger partial charge in [0.05, 0.1) is 6.10 Å². The van der Waals surface area contributed by atoms with Crippen molar-refractivity contribution in [2.75, 3.05) is 5.32 Å². The van der Waals surface area contributed by atoms with E-state index in [-0.39, 0.29) is 12.0 Å². The van der Waals surface area contributed by atoms with E-state index >= 15 is 0 Å². The van der Waals surface area contributed by atoms with Crippen LogP contribution in [0.2, 0.25) is 0 Å². The Kier molecular flexibility index (Phi) is 5.42. The van der Waals surface area contributed by atoms with Crippen molar-refractivity contribution in [2.24, 2.45) is 0 Å². The Balaban J connectivity index is 1.65. The van der Waals surface area contributed by atoms with Gasteiger partial charge in [-0.3, -0.25) is 4.79 Å². The number of benzene rings is 3. The van der Waals surface area contributed by atoms with Gasteiger partial charge in [-0.1, -0.05) is 36.4 Å². The molecule has 4 nitrogen and oxygen atoms in total. The molecular formula is C22H23NO3. The molecule has 0 spiro atoms. The van der Waals surface area contributed by atoms with E-state index in [4.69, 9.17) is 9.47 Å². The highest BCUT2D eigenvalue weighted by atomic mass is 16.5. The molecule has 0 bridgehead atoms. The zero-order valence-electron chi connectivity index (χ0n) is 15.2. The number of amides is 1. The molecule has 3 aromatic carbocycles.